The fourth-order valence-electron chi connectivity index (χ4n) is 1.67. The number of hydrogen-bond acceptors (Lipinski definition) is 2. The maximum atomic E-state index is 9.51. The summed E-state index contributed by atoms with van der Waals surface area (Å²) in [4.78, 5) is 0. The number of aliphatic hydroxyl groups is 1. The van der Waals surface area contributed by atoms with E-state index in [1.54, 1.807) is 6.92 Å². The highest BCUT2D eigenvalue weighted by molar-refractivity contribution is 5.03. The van der Waals surface area contributed by atoms with E-state index in [1.165, 1.54) is 0 Å². The molecule has 13 heavy (non-hydrogen) atoms. The second-order valence-electron chi connectivity index (χ2n) is 3.79. The standard InChI is InChI=1S/C11H18O2/c1-4-11(7-5-6-8-11)13-10(12)9(2)3/h4,10,12H,1-2,5-8H2,3H3. The van der Waals surface area contributed by atoms with Crippen molar-refractivity contribution in [3.8, 4) is 0 Å². The van der Waals surface area contributed by atoms with Gasteiger partial charge >= 0.3 is 0 Å². The second-order valence-corrected chi connectivity index (χ2v) is 3.79. The molecule has 2 nitrogen and oxygen atoms in total. The van der Waals surface area contributed by atoms with Crippen LogP contribution in [0.25, 0.3) is 0 Å². The van der Waals surface area contributed by atoms with Crippen LogP contribution in [0.5, 0.6) is 0 Å². The molecule has 2 heteroatoms. The maximum absolute atomic E-state index is 9.51. The zero-order chi connectivity index (χ0) is 9.90. The molecule has 1 aliphatic carbocycles. The highest BCUT2D eigenvalue weighted by Crippen LogP contribution is 2.35. The Hall–Kier alpha value is -0.600. The third-order valence-corrected chi connectivity index (χ3v) is 2.59. The van der Waals surface area contributed by atoms with Crippen LogP contribution in [0.3, 0.4) is 0 Å². The Labute approximate surface area is 79.9 Å². The lowest BCUT2D eigenvalue weighted by Gasteiger charge is -2.28. The number of ether oxygens (including phenoxy) is 1. The van der Waals surface area contributed by atoms with Gasteiger partial charge < -0.3 is 9.84 Å². The minimum Gasteiger partial charge on any atom is -0.364 e. The van der Waals surface area contributed by atoms with Gasteiger partial charge in [0.15, 0.2) is 6.29 Å². The average molecular weight is 182 g/mol. The minimum absolute atomic E-state index is 0.307. The van der Waals surface area contributed by atoms with E-state index in [-0.39, 0.29) is 5.60 Å². The molecular weight excluding hydrogens is 164 g/mol. The zero-order valence-electron chi connectivity index (χ0n) is 8.25. The van der Waals surface area contributed by atoms with Gasteiger partial charge in [0.05, 0.1) is 5.60 Å². The number of hydrogen-bond donors (Lipinski definition) is 1. The summed E-state index contributed by atoms with van der Waals surface area (Å²) < 4.78 is 5.55. The van der Waals surface area contributed by atoms with Crippen LogP contribution in [0.1, 0.15) is 32.6 Å². The molecule has 0 bridgehead atoms. The third kappa shape index (κ3) is 2.42. The molecule has 0 aromatic rings. The van der Waals surface area contributed by atoms with Gasteiger partial charge in [-0.15, -0.1) is 6.58 Å². The van der Waals surface area contributed by atoms with Crippen molar-refractivity contribution < 1.29 is 9.84 Å². The molecule has 1 N–H and O–H groups in total. The molecule has 1 atom stereocenters. The molecule has 0 saturated heterocycles. The molecule has 1 saturated carbocycles. The van der Waals surface area contributed by atoms with E-state index in [0.717, 1.165) is 25.7 Å². The van der Waals surface area contributed by atoms with Crippen molar-refractivity contribution in [1.82, 2.24) is 0 Å². The van der Waals surface area contributed by atoms with E-state index in [2.05, 4.69) is 13.2 Å². The molecule has 0 radical (unpaired) electrons. The van der Waals surface area contributed by atoms with Crippen LogP contribution >= 0.6 is 0 Å². The molecule has 74 valence electrons. The Morgan fingerprint density at radius 2 is 2.08 bits per heavy atom. The van der Waals surface area contributed by atoms with Crippen LogP contribution < -0.4 is 0 Å². The number of rotatable bonds is 4. The minimum atomic E-state index is -0.851. The molecule has 0 aromatic carbocycles. The first-order valence-electron chi connectivity index (χ1n) is 4.74. The molecule has 0 heterocycles. The lowest BCUT2D eigenvalue weighted by molar-refractivity contribution is -0.142. The Morgan fingerprint density at radius 1 is 1.54 bits per heavy atom. The quantitative estimate of drug-likeness (QED) is 0.534. The first kappa shape index (κ1) is 10.5. The van der Waals surface area contributed by atoms with E-state index in [4.69, 9.17) is 4.74 Å². The van der Waals surface area contributed by atoms with Gasteiger partial charge in [-0.25, -0.2) is 0 Å². The van der Waals surface area contributed by atoms with Crippen LogP contribution in [0.15, 0.2) is 24.8 Å². The van der Waals surface area contributed by atoms with Crippen LogP contribution in [0.4, 0.5) is 0 Å². The summed E-state index contributed by atoms with van der Waals surface area (Å²) in [6, 6.07) is 0. The van der Waals surface area contributed by atoms with E-state index < -0.39 is 6.29 Å². The van der Waals surface area contributed by atoms with Gasteiger partial charge in [0.2, 0.25) is 0 Å². The van der Waals surface area contributed by atoms with E-state index in [0.29, 0.717) is 5.57 Å². The normalized spacial score (nSPS) is 22.6. The molecule has 0 aromatic heterocycles. The van der Waals surface area contributed by atoms with E-state index in [1.807, 2.05) is 6.08 Å². The van der Waals surface area contributed by atoms with Gasteiger partial charge in [-0.3, -0.25) is 0 Å². The van der Waals surface area contributed by atoms with Crippen molar-refractivity contribution in [2.45, 2.75) is 44.5 Å². The summed E-state index contributed by atoms with van der Waals surface area (Å²) in [6.45, 7) is 9.18. The fourth-order valence-corrected chi connectivity index (χ4v) is 1.67. The van der Waals surface area contributed by atoms with Gasteiger partial charge in [0, 0.05) is 0 Å². The smallest absolute Gasteiger partial charge is 0.177 e. The van der Waals surface area contributed by atoms with Crippen LogP contribution in [-0.4, -0.2) is 17.0 Å². The summed E-state index contributed by atoms with van der Waals surface area (Å²) in [6.07, 6.45) is 5.17. The van der Waals surface area contributed by atoms with Crippen LogP contribution in [0.2, 0.25) is 0 Å². The van der Waals surface area contributed by atoms with Crippen LogP contribution in [-0.2, 0) is 4.74 Å². The first-order chi connectivity index (χ1) is 6.09. The average Bonchev–Trinajstić information content (AvgIpc) is 2.54. The lowest BCUT2D eigenvalue weighted by Crippen LogP contribution is -2.32. The van der Waals surface area contributed by atoms with Crippen LogP contribution in [0, 0.1) is 0 Å². The molecular formula is C11H18O2. The Morgan fingerprint density at radius 3 is 2.46 bits per heavy atom. The summed E-state index contributed by atoms with van der Waals surface area (Å²) in [5.41, 5.74) is 0.339. The summed E-state index contributed by atoms with van der Waals surface area (Å²) >= 11 is 0. The summed E-state index contributed by atoms with van der Waals surface area (Å²) in [7, 11) is 0. The predicted octanol–water partition coefficient (Wildman–Crippen LogP) is 2.40. The van der Waals surface area contributed by atoms with Crippen molar-refractivity contribution in [2.24, 2.45) is 0 Å². The van der Waals surface area contributed by atoms with Gasteiger partial charge in [0.1, 0.15) is 0 Å². The highest BCUT2D eigenvalue weighted by Gasteiger charge is 2.33. The van der Waals surface area contributed by atoms with Gasteiger partial charge in [-0.05, 0) is 25.3 Å². The van der Waals surface area contributed by atoms with E-state index >= 15 is 0 Å². The van der Waals surface area contributed by atoms with Crippen molar-refractivity contribution in [1.29, 1.82) is 0 Å². The molecule has 1 unspecified atom stereocenters. The SMILES string of the molecule is C=CC1(OC(O)C(=C)C)CCCC1. The predicted molar refractivity (Wildman–Crippen MR) is 53.3 cm³/mol. The van der Waals surface area contributed by atoms with Gasteiger partial charge in [0.25, 0.3) is 0 Å². The van der Waals surface area contributed by atoms with Gasteiger partial charge in [-0.2, -0.15) is 0 Å². The largest absolute Gasteiger partial charge is 0.364 e. The van der Waals surface area contributed by atoms with Crippen molar-refractivity contribution in [3.63, 3.8) is 0 Å². The molecule has 0 spiro atoms. The third-order valence-electron chi connectivity index (χ3n) is 2.59. The Kier molecular flexibility index (Phi) is 3.28. The lowest BCUT2D eigenvalue weighted by atomic mass is 10.0. The Bertz CT molecular complexity index is 202. The molecule has 1 rings (SSSR count). The monoisotopic (exact) mass is 182 g/mol. The van der Waals surface area contributed by atoms with Gasteiger partial charge in [-0.1, -0.05) is 25.5 Å². The summed E-state index contributed by atoms with van der Waals surface area (Å²) in [5.74, 6) is 0. The van der Waals surface area contributed by atoms with E-state index in [9.17, 15) is 5.11 Å². The number of aliphatic hydroxyl groups excluding tert-OH is 1. The molecule has 1 fully saturated rings. The molecule has 0 aliphatic heterocycles. The maximum Gasteiger partial charge on any atom is 0.177 e. The first-order valence-corrected chi connectivity index (χ1v) is 4.74. The Balaban J connectivity index is 2.57. The zero-order valence-corrected chi connectivity index (χ0v) is 8.25. The topological polar surface area (TPSA) is 29.5 Å². The van der Waals surface area contributed by atoms with Crippen molar-refractivity contribution >= 4 is 0 Å². The second kappa shape index (κ2) is 4.07. The highest BCUT2D eigenvalue weighted by atomic mass is 16.6. The van der Waals surface area contributed by atoms with Crippen molar-refractivity contribution in [3.05, 3.63) is 24.8 Å². The molecule has 0 amide bonds. The molecule has 1 aliphatic rings. The fraction of sp³-hybridized carbons (Fsp3) is 0.636. The summed E-state index contributed by atoms with van der Waals surface area (Å²) in [5, 5.41) is 9.51. The van der Waals surface area contributed by atoms with Crippen molar-refractivity contribution in [2.75, 3.05) is 0 Å².